The van der Waals surface area contributed by atoms with E-state index in [1.807, 2.05) is 13.0 Å². The Morgan fingerprint density at radius 2 is 2.29 bits per heavy atom. The molecule has 1 fully saturated rings. The predicted molar refractivity (Wildman–Crippen MR) is 64.3 cm³/mol. The zero-order chi connectivity index (χ0) is 12.3. The molecule has 2 unspecified atom stereocenters. The minimum atomic E-state index is -0.589. The maximum Gasteiger partial charge on any atom is 0.123 e. The van der Waals surface area contributed by atoms with Crippen LogP contribution in [-0.4, -0.2) is 17.8 Å². The van der Waals surface area contributed by atoms with Crippen molar-refractivity contribution in [2.75, 3.05) is 6.61 Å². The first-order valence-electron chi connectivity index (χ1n) is 6.22. The second-order valence-corrected chi connectivity index (χ2v) is 4.79. The van der Waals surface area contributed by atoms with Crippen molar-refractivity contribution in [2.24, 2.45) is 0 Å². The lowest BCUT2D eigenvalue weighted by atomic mass is 10.0. The second-order valence-electron chi connectivity index (χ2n) is 4.79. The minimum Gasteiger partial charge on any atom is -0.388 e. The van der Waals surface area contributed by atoms with E-state index in [4.69, 9.17) is 4.74 Å². The van der Waals surface area contributed by atoms with Crippen molar-refractivity contribution >= 4 is 0 Å². The molecule has 17 heavy (non-hydrogen) atoms. The van der Waals surface area contributed by atoms with Crippen LogP contribution in [0.2, 0.25) is 0 Å². The van der Waals surface area contributed by atoms with Crippen molar-refractivity contribution in [1.82, 2.24) is 0 Å². The summed E-state index contributed by atoms with van der Waals surface area (Å²) >= 11 is 0. The molecule has 0 saturated carbocycles. The van der Waals surface area contributed by atoms with Crippen LogP contribution in [0.4, 0.5) is 4.39 Å². The number of benzene rings is 1. The molecule has 0 amide bonds. The largest absolute Gasteiger partial charge is 0.388 e. The van der Waals surface area contributed by atoms with E-state index in [1.165, 1.54) is 12.1 Å². The maximum absolute atomic E-state index is 13.2. The number of hydrogen-bond acceptors (Lipinski definition) is 2. The Hall–Kier alpha value is -0.930. The molecule has 1 aromatic carbocycles. The Bertz CT molecular complexity index is 352. The summed E-state index contributed by atoms with van der Waals surface area (Å²) in [6.45, 7) is 2.67. The lowest BCUT2D eigenvalue weighted by Crippen LogP contribution is -2.08. The fourth-order valence-corrected chi connectivity index (χ4v) is 2.34. The first kappa shape index (κ1) is 12.5. The summed E-state index contributed by atoms with van der Waals surface area (Å²) in [5.74, 6) is -0.281. The van der Waals surface area contributed by atoms with Crippen LogP contribution in [0.3, 0.4) is 0 Å². The van der Waals surface area contributed by atoms with Gasteiger partial charge in [0.1, 0.15) is 5.82 Å². The number of hydrogen-bond donors (Lipinski definition) is 1. The third-order valence-electron chi connectivity index (χ3n) is 3.24. The summed E-state index contributed by atoms with van der Waals surface area (Å²) in [5, 5.41) is 10.0. The van der Waals surface area contributed by atoms with Crippen molar-refractivity contribution in [3.8, 4) is 0 Å². The number of aliphatic hydroxyl groups excluding tert-OH is 1. The van der Waals surface area contributed by atoms with Gasteiger partial charge in [0, 0.05) is 6.61 Å². The molecule has 2 rings (SSSR count). The van der Waals surface area contributed by atoms with Crippen molar-refractivity contribution in [2.45, 2.75) is 44.8 Å². The Morgan fingerprint density at radius 3 is 2.94 bits per heavy atom. The van der Waals surface area contributed by atoms with Gasteiger partial charge in [0.25, 0.3) is 0 Å². The number of aliphatic hydroxyl groups is 1. The van der Waals surface area contributed by atoms with E-state index in [0.29, 0.717) is 12.0 Å². The van der Waals surface area contributed by atoms with Crippen molar-refractivity contribution in [3.05, 3.63) is 35.1 Å². The molecule has 1 saturated heterocycles. The lowest BCUT2D eigenvalue weighted by Gasteiger charge is -2.14. The highest BCUT2D eigenvalue weighted by Gasteiger charge is 2.18. The zero-order valence-corrected chi connectivity index (χ0v) is 10.2. The maximum atomic E-state index is 13.2. The first-order chi connectivity index (χ1) is 8.15. The topological polar surface area (TPSA) is 29.5 Å². The number of rotatable bonds is 4. The van der Waals surface area contributed by atoms with E-state index in [0.717, 1.165) is 31.4 Å². The molecule has 1 aliphatic rings. The number of halogens is 1. The van der Waals surface area contributed by atoms with Crippen LogP contribution < -0.4 is 0 Å². The lowest BCUT2D eigenvalue weighted by molar-refractivity contribution is 0.0811. The SMILES string of the molecule is Cc1cc(F)cc(C(O)CCC2CCCO2)c1. The fourth-order valence-electron chi connectivity index (χ4n) is 2.34. The van der Waals surface area contributed by atoms with Crippen molar-refractivity contribution in [1.29, 1.82) is 0 Å². The van der Waals surface area contributed by atoms with Crippen LogP contribution in [0.25, 0.3) is 0 Å². The van der Waals surface area contributed by atoms with Crippen LogP contribution in [0, 0.1) is 12.7 Å². The van der Waals surface area contributed by atoms with E-state index in [9.17, 15) is 9.50 Å². The summed E-state index contributed by atoms with van der Waals surface area (Å²) in [6.07, 6.45) is 3.35. The monoisotopic (exact) mass is 238 g/mol. The van der Waals surface area contributed by atoms with E-state index < -0.39 is 6.10 Å². The molecule has 0 radical (unpaired) electrons. The quantitative estimate of drug-likeness (QED) is 0.873. The van der Waals surface area contributed by atoms with Gasteiger partial charge in [0.05, 0.1) is 12.2 Å². The molecule has 0 aromatic heterocycles. The third kappa shape index (κ3) is 3.51. The van der Waals surface area contributed by atoms with Gasteiger partial charge in [-0.05, 0) is 55.9 Å². The average Bonchev–Trinajstić information content (AvgIpc) is 2.77. The van der Waals surface area contributed by atoms with Crippen molar-refractivity contribution < 1.29 is 14.2 Å². The molecular weight excluding hydrogens is 219 g/mol. The third-order valence-corrected chi connectivity index (χ3v) is 3.24. The molecule has 0 bridgehead atoms. The van der Waals surface area contributed by atoms with Gasteiger partial charge in [-0.1, -0.05) is 6.07 Å². The Balaban J connectivity index is 1.91. The smallest absolute Gasteiger partial charge is 0.123 e. The Morgan fingerprint density at radius 1 is 1.47 bits per heavy atom. The molecule has 3 heteroatoms. The molecule has 1 N–H and O–H groups in total. The highest BCUT2D eigenvalue weighted by Crippen LogP contribution is 2.25. The molecule has 2 nitrogen and oxygen atoms in total. The van der Waals surface area contributed by atoms with Gasteiger partial charge in [-0.3, -0.25) is 0 Å². The van der Waals surface area contributed by atoms with Crippen LogP contribution in [0.5, 0.6) is 0 Å². The molecule has 1 aliphatic heterocycles. The molecule has 0 aliphatic carbocycles. The summed E-state index contributed by atoms with van der Waals surface area (Å²) < 4.78 is 18.7. The van der Waals surface area contributed by atoms with Gasteiger partial charge < -0.3 is 9.84 Å². The van der Waals surface area contributed by atoms with Gasteiger partial charge in [-0.2, -0.15) is 0 Å². The highest BCUT2D eigenvalue weighted by atomic mass is 19.1. The molecular formula is C14H19FO2. The minimum absolute atomic E-state index is 0.277. The van der Waals surface area contributed by atoms with Crippen LogP contribution in [0.1, 0.15) is 42.9 Å². The van der Waals surface area contributed by atoms with Gasteiger partial charge in [-0.15, -0.1) is 0 Å². The van der Waals surface area contributed by atoms with Crippen LogP contribution in [-0.2, 0) is 4.74 Å². The first-order valence-corrected chi connectivity index (χ1v) is 6.22. The molecule has 1 heterocycles. The van der Waals surface area contributed by atoms with E-state index in [-0.39, 0.29) is 11.9 Å². The van der Waals surface area contributed by atoms with Gasteiger partial charge >= 0.3 is 0 Å². The van der Waals surface area contributed by atoms with Crippen LogP contribution >= 0.6 is 0 Å². The van der Waals surface area contributed by atoms with E-state index in [1.54, 1.807) is 0 Å². The second kappa shape index (κ2) is 5.61. The van der Waals surface area contributed by atoms with Gasteiger partial charge in [0.15, 0.2) is 0 Å². The summed E-state index contributed by atoms with van der Waals surface area (Å²) in [7, 11) is 0. The highest BCUT2D eigenvalue weighted by molar-refractivity contribution is 5.25. The number of aryl methyl sites for hydroxylation is 1. The zero-order valence-electron chi connectivity index (χ0n) is 10.2. The standard InChI is InChI=1S/C14H19FO2/c1-10-7-11(9-12(15)8-10)14(16)5-4-13-3-2-6-17-13/h7-9,13-14,16H,2-6H2,1H3. The summed E-state index contributed by atoms with van der Waals surface area (Å²) in [4.78, 5) is 0. The summed E-state index contributed by atoms with van der Waals surface area (Å²) in [6, 6.07) is 4.72. The number of ether oxygens (including phenoxy) is 1. The van der Waals surface area contributed by atoms with Gasteiger partial charge in [0.2, 0.25) is 0 Å². The summed E-state index contributed by atoms with van der Waals surface area (Å²) in [5.41, 5.74) is 1.51. The fraction of sp³-hybridized carbons (Fsp3) is 0.571. The van der Waals surface area contributed by atoms with Gasteiger partial charge in [-0.25, -0.2) is 4.39 Å². The normalized spacial score (nSPS) is 21.7. The van der Waals surface area contributed by atoms with Crippen LogP contribution in [0.15, 0.2) is 18.2 Å². The Kier molecular flexibility index (Phi) is 4.13. The van der Waals surface area contributed by atoms with E-state index >= 15 is 0 Å². The molecule has 1 aromatic rings. The van der Waals surface area contributed by atoms with Crippen molar-refractivity contribution in [3.63, 3.8) is 0 Å². The molecule has 0 spiro atoms. The Labute approximate surface area is 101 Å². The molecule has 94 valence electrons. The average molecular weight is 238 g/mol. The predicted octanol–water partition coefficient (Wildman–Crippen LogP) is 3.13. The van der Waals surface area contributed by atoms with E-state index in [2.05, 4.69) is 0 Å². The molecule has 2 atom stereocenters.